The van der Waals surface area contributed by atoms with Crippen LogP contribution in [0.3, 0.4) is 0 Å². The minimum absolute atomic E-state index is 0.126. The van der Waals surface area contributed by atoms with Crippen LogP contribution in [0.15, 0.2) is 84.7 Å². The first-order chi connectivity index (χ1) is 13.4. The largest absolute Gasteiger partial charge is 0.508 e. The van der Waals surface area contributed by atoms with Gasteiger partial charge in [-0.2, -0.15) is 0 Å². The van der Waals surface area contributed by atoms with Gasteiger partial charge >= 0.3 is 0 Å². The second-order valence-corrected chi connectivity index (χ2v) is 7.64. The summed E-state index contributed by atoms with van der Waals surface area (Å²) >= 11 is 0. The van der Waals surface area contributed by atoms with Gasteiger partial charge in [-0.15, -0.1) is 0 Å². The SMILES string of the molecule is C=C/C(O)=C\C=C(/C)C1(c2ccc(O)cc2)CCC(c2ccc(O)cc2)CC1. The number of hydrogen-bond acceptors (Lipinski definition) is 3. The average molecular weight is 376 g/mol. The topological polar surface area (TPSA) is 60.7 Å². The molecule has 0 amide bonds. The molecule has 2 aromatic carbocycles. The number of allylic oxidation sites excluding steroid dienone is 4. The Morgan fingerprint density at radius 1 is 0.929 bits per heavy atom. The first-order valence-electron chi connectivity index (χ1n) is 9.73. The number of aliphatic hydroxyl groups is 1. The van der Waals surface area contributed by atoms with Crippen LogP contribution in [0.5, 0.6) is 11.5 Å². The highest BCUT2D eigenvalue weighted by Crippen LogP contribution is 2.49. The van der Waals surface area contributed by atoms with Gasteiger partial charge < -0.3 is 15.3 Å². The number of benzene rings is 2. The van der Waals surface area contributed by atoms with Gasteiger partial charge in [0.2, 0.25) is 0 Å². The smallest absolute Gasteiger partial charge is 0.115 e. The van der Waals surface area contributed by atoms with Crippen LogP contribution in [-0.2, 0) is 5.41 Å². The van der Waals surface area contributed by atoms with Crippen LogP contribution in [0.2, 0.25) is 0 Å². The average Bonchev–Trinajstić information content (AvgIpc) is 2.73. The number of aromatic hydroxyl groups is 2. The van der Waals surface area contributed by atoms with Gasteiger partial charge in [0.25, 0.3) is 0 Å². The summed E-state index contributed by atoms with van der Waals surface area (Å²) in [5.74, 6) is 1.18. The van der Waals surface area contributed by atoms with E-state index in [-0.39, 0.29) is 16.9 Å². The zero-order valence-electron chi connectivity index (χ0n) is 16.3. The van der Waals surface area contributed by atoms with Crippen molar-refractivity contribution in [3.8, 4) is 11.5 Å². The van der Waals surface area contributed by atoms with Gasteiger partial charge in [0.05, 0.1) is 0 Å². The summed E-state index contributed by atoms with van der Waals surface area (Å²) in [5, 5.41) is 29.0. The van der Waals surface area contributed by atoms with E-state index in [1.165, 1.54) is 22.8 Å². The Bertz CT molecular complexity index is 865. The summed E-state index contributed by atoms with van der Waals surface area (Å²) in [6.07, 6.45) is 9.13. The van der Waals surface area contributed by atoms with Gasteiger partial charge in [-0.3, -0.25) is 0 Å². The fraction of sp³-hybridized carbons (Fsp3) is 0.280. The van der Waals surface area contributed by atoms with E-state index in [1.54, 1.807) is 30.3 Å². The molecule has 1 aliphatic carbocycles. The van der Waals surface area contributed by atoms with Crippen LogP contribution in [0.4, 0.5) is 0 Å². The predicted molar refractivity (Wildman–Crippen MR) is 114 cm³/mol. The molecule has 0 radical (unpaired) electrons. The zero-order valence-corrected chi connectivity index (χ0v) is 16.3. The molecule has 3 heteroatoms. The first kappa shape index (κ1) is 19.8. The molecule has 0 heterocycles. The lowest BCUT2D eigenvalue weighted by molar-refractivity contribution is 0.309. The monoisotopic (exact) mass is 376 g/mol. The summed E-state index contributed by atoms with van der Waals surface area (Å²) in [6, 6.07) is 15.0. The molecule has 0 aromatic heterocycles. The fourth-order valence-electron chi connectivity index (χ4n) is 4.32. The molecule has 2 aromatic rings. The van der Waals surface area contributed by atoms with Gasteiger partial charge in [-0.1, -0.05) is 42.5 Å². The Morgan fingerprint density at radius 2 is 1.46 bits per heavy atom. The molecule has 0 saturated heterocycles. The molecule has 3 N–H and O–H groups in total. The molecule has 1 saturated carbocycles. The van der Waals surface area contributed by atoms with Crippen molar-refractivity contribution in [3.05, 3.63) is 95.8 Å². The summed E-state index contributed by atoms with van der Waals surface area (Å²) < 4.78 is 0. The third-order valence-corrected chi connectivity index (χ3v) is 6.09. The highest BCUT2D eigenvalue weighted by atomic mass is 16.3. The first-order valence-corrected chi connectivity index (χ1v) is 9.73. The molecule has 0 spiro atoms. The lowest BCUT2D eigenvalue weighted by Crippen LogP contribution is -2.32. The second-order valence-electron chi connectivity index (χ2n) is 7.64. The molecule has 0 unspecified atom stereocenters. The van der Waals surface area contributed by atoms with Gasteiger partial charge in [0, 0.05) is 5.41 Å². The summed E-state index contributed by atoms with van der Waals surface area (Å²) in [6.45, 7) is 5.70. The summed E-state index contributed by atoms with van der Waals surface area (Å²) in [7, 11) is 0. The van der Waals surface area contributed by atoms with E-state index in [1.807, 2.05) is 30.3 Å². The molecule has 0 aliphatic heterocycles. The van der Waals surface area contributed by atoms with Crippen LogP contribution in [0.25, 0.3) is 0 Å². The van der Waals surface area contributed by atoms with Crippen molar-refractivity contribution in [2.45, 2.75) is 43.9 Å². The van der Waals surface area contributed by atoms with Crippen molar-refractivity contribution in [1.29, 1.82) is 0 Å². The highest BCUT2D eigenvalue weighted by molar-refractivity contribution is 5.41. The molecule has 0 bridgehead atoms. The number of rotatable bonds is 5. The molecule has 1 fully saturated rings. The third kappa shape index (κ3) is 4.14. The van der Waals surface area contributed by atoms with E-state index in [4.69, 9.17) is 0 Å². The molecule has 3 rings (SSSR count). The van der Waals surface area contributed by atoms with Gasteiger partial charge in [0.1, 0.15) is 17.3 Å². The molecule has 146 valence electrons. The second kappa shape index (κ2) is 8.39. The number of phenols is 2. The van der Waals surface area contributed by atoms with E-state index in [0.717, 1.165) is 25.7 Å². The van der Waals surface area contributed by atoms with Crippen molar-refractivity contribution in [2.75, 3.05) is 0 Å². The van der Waals surface area contributed by atoms with Crippen LogP contribution in [0, 0.1) is 0 Å². The standard InChI is InChI=1S/C25H28O3/c1-3-22(26)9-4-18(2)25(21-7-12-24(28)13-8-21)16-14-20(15-17-25)19-5-10-23(27)11-6-19/h3-13,20,26-28H,1,14-17H2,2H3/b18-4+,22-9+. The Morgan fingerprint density at radius 3 is 2.00 bits per heavy atom. The Labute approximate surface area is 167 Å². The Kier molecular flexibility index (Phi) is 5.93. The third-order valence-electron chi connectivity index (χ3n) is 6.09. The molecule has 1 aliphatic rings. The minimum atomic E-state index is -0.126. The molecule has 0 atom stereocenters. The Balaban J connectivity index is 1.91. The quantitative estimate of drug-likeness (QED) is 0.426. The fourth-order valence-corrected chi connectivity index (χ4v) is 4.32. The summed E-state index contributed by atoms with van der Waals surface area (Å²) in [4.78, 5) is 0. The van der Waals surface area contributed by atoms with Crippen molar-refractivity contribution < 1.29 is 15.3 Å². The summed E-state index contributed by atoms with van der Waals surface area (Å²) in [5.41, 5.74) is 3.52. The lowest BCUT2D eigenvalue weighted by atomic mass is 9.62. The van der Waals surface area contributed by atoms with E-state index in [0.29, 0.717) is 11.7 Å². The number of hydrogen-bond donors (Lipinski definition) is 3. The van der Waals surface area contributed by atoms with E-state index < -0.39 is 0 Å². The molecule has 3 nitrogen and oxygen atoms in total. The highest BCUT2D eigenvalue weighted by Gasteiger charge is 2.38. The van der Waals surface area contributed by atoms with Crippen molar-refractivity contribution in [3.63, 3.8) is 0 Å². The number of aliphatic hydroxyl groups excluding tert-OH is 1. The lowest BCUT2D eigenvalue weighted by Gasteiger charge is -2.42. The minimum Gasteiger partial charge on any atom is -0.508 e. The maximum Gasteiger partial charge on any atom is 0.115 e. The Hall–Kier alpha value is -2.94. The van der Waals surface area contributed by atoms with Crippen LogP contribution in [0.1, 0.15) is 49.7 Å². The van der Waals surface area contributed by atoms with Crippen molar-refractivity contribution in [2.24, 2.45) is 0 Å². The van der Waals surface area contributed by atoms with Crippen molar-refractivity contribution in [1.82, 2.24) is 0 Å². The zero-order chi connectivity index (χ0) is 20.1. The van der Waals surface area contributed by atoms with E-state index in [9.17, 15) is 15.3 Å². The molecular weight excluding hydrogens is 348 g/mol. The van der Waals surface area contributed by atoms with E-state index in [2.05, 4.69) is 13.5 Å². The normalized spacial score (nSPS) is 23.4. The van der Waals surface area contributed by atoms with Gasteiger partial charge in [0.15, 0.2) is 0 Å². The maximum atomic E-state index is 9.75. The number of phenolic OH excluding ortho intramolecular Hbond substituents is 2. The van der Waals surface area contributed by atoms with Crippen LogP contribution < -0.4 is 0 Å². The van der Waals surface area contributed by atoms with Gasteiger partial charge in [-0.05, 0) is 86.1 Å². The van der Waals surface area contributed by atoms with Crippen LogP contribution >= 0.6 is 0 Å². The molecular formula is C25H28O3. The van der Waals surface area contributed by atoms with Crippen LogP contribution in [-0.4, -0.2) is 15.3 Å². The predicted octanol–water partition coefficient (Wildman–Crippen LogP) is 6.27. The van der Waals surface area contributed by atoms with Gasteiger partial charge in [-0.25, -0.2) is 0 Å². The maximum absolute atomic E-state index is 9.75. The van der Waals surface area contributed by atoms with E-state index >= 15 is 0 Å². The molecule has 28 heavy (non-hydrogen) atoms. The van der Waals surface area contributed by atoms with Crippen molar-refractivity contribution >= 4 is 0 Å².